The molecule has 25 heavy (non-hydrogen) atoms. The molecule has 1 aliphatic rings. The fourth-order valence-electron chi connectivity index (χ4n) is 3.94. The molecule has 1 aliphatic carbocycles. The van der Waals surface area contributed by atoms with Crippen molar-refractivity contribution in [2.24, 2.45) is 5.92 Å². The summed E-state index contributed by atoms with van der Waals surface area (Å²) in [5.74, 6) is 1.46. The Morgan fingerprint density at radius 3 is 2.56 bits per heavy atom. The maximum Gasteiger partial charge on any atom is 0.172 e. The van der Waals surface area contributed by atoms with Gasteiger partial charge in [0.05, 0.1) is 0 Å². The third-order valence-electron chi connectivity index (χ3n) is 5.40. The molecule has 1 saturated carbocycles. The minimum absolute atomic E-state index is 0.279. The standard InChI is InChI=1S/C23H27FO/c1-3-5-6-17-7-9-18(10-8-17)19-11-13-21-20(16-19)12-14-22(23(21)24)25-15-4-2/h3-4,11-14,16-18H,1-2,5-10,15H2. The number of rotatable bonds is 7. The van der Waals surface area contributed by atoms with Crippen LogP contribution in [0.4, 0.5) is 4.39 Å². The summed E-state index contributed by atoms with van der Waals surface area (Å²) in [6.45, 7) is 7.74. The maximum absolute atomic E-state index is 14.6. The molecule has 2 heteroatoms. The van der Waals surface area contributed by atoms with E-state index in [1.165, 1.54) is 37.7 Å². The van der Waals surface area contributed by atoms with Gasteiger partial charge in [0.15, 0.2) is 11.6 Å². The van der Waals surface area contributed by atoms with Gasteiger partial charge in [0.25, 0.3) is 0 Å². The van der Waals surface area contributed by atoms with Crippen LogP contribution in [0.2, 0.25) is 0 Å². The van der Waals surface area contributed by atoms with Gasteiger partial charge in [-0.3, -0.25) is 0 Å². The molecular formula is C23H27FO. The molecule has 132 valence electrons. The van der Waals surface area contributed by atoms with Crippen LogP contribution < -0.4 is 4.74 Å². The summed E-state index contributed by atoms with van der Waals surface area (Å²) in [4.78, 5) is 0. The molecule has 0 saturated heterocycles. The second-order valence-corrected chi connectivity index (χ2v) is 7.04. The van der Waals surface area contributed by atoms with E-state index in [4.69, 9.17) is 4.74 Å². The van der Waals surface area contributed by atoms with E-state index in [9.17, 15) is 4.39 Å². The van der Waals surface area contributed by atoms with Crippen LogP contribution in [0.25, 0.3) is 10.8 Å². The average molecular weight is 338 g/mol. The van der Waals surface area contributed by atoms with E-state index in [2.05, 4.69) is 25.3 Å². The summed E-state index contributed by atoms with van der Waals surface area (Å²) >= 11 is 0. The van der Waals surface area contributed by atoms with Gasteiger partial charge in [-0.15, -0.1) is 6.58 Å². The van der Waals surface area contributed by atoms with Crippen molar-refractivity contribution in [1.29, 1.82) is 0 Å². The Labute approximate surface area is 150 Å². The van der Waals surface area contributed by atoms with Crippen LogP contribution in [-0.2, 0) is 0 Å². The van der Waals surface area contributed by atoms with Crippen molar-refractivity contribution < 1.29 is 9.13 Å². The number of hydrogen-bond donors (Lipinski definition) is 0. The van der Waals surface area contributed by atoms with Crippen LogP contribution in [0, 0.1) is 11.7 Å². The van der Waals surface area contributed by atoms with E-state index in [0.29, 0.717) is 23.7 Å². The van der Waals surface area contributed by atoms with E-state index in [-0.39, 0.29) is 5.82 Å². The molecule has 1 nitrogen and oxygen atoms in total. The van der Waals surface area contributed by atoms with Crippen molar-refractivity contribution in [3.63, 3.8) is 0 Å². The molecule has 0 heterocycles. The Morgan fingerprint density at radius 2 is 1.84 bits per heavy atom. The lowest BCUT2D eigenvalue weighted by atomic mass is 9.77. The molecule has 2 aromatic rings. The molecule has 0 spiro atoms. The highest BCUT2D eigenvalue weighted by Crippen LogP contribution is 2.39. The Kier molecular flexibility index (Phi) is 5.91. The lowest BCUT2D eigenvalue weighted by Crippen LogP contribution is -2.13. The Morgan fingerprint density at radius 1 is 1.04 bits per heavy atom. The summed E-state index contributed by atoms with van der Waals surface area (Å²) in [6, 6.07) is 9.83. The molecule has 3 rings (SSSR count). The van der Waals surface area contributed by atoms with E-state index in [1.54, 1.807) is 12.1 Å². The molecule has 0 atom stereocenters. The van der Waals surface area contributed by atoms with Crippen LogP contribution in [0.15, 0.2) is 55.6 Å². The summed E-state index contributed by atoms with van der Waals surface area (Å²) in [7, 11) is 0. The lowest BCUT2D eigenvalue weighted by molar-refractivity contribution is 0.312. The topological polar surface area (TPSA) is 9.23 Å². The van der Waals surface area contributed by atoms with Crippen LogP contribution in [0.3, 0.4) is 0 Å². The van der Waals surface area contributed by atoms with E-state index >= 15 is 0 Å². The van der Waals surface area contributed by atoms with Gasteiger partial charge < -0.3 is 4.74 Å². The number of halogens is 1. The molecule has 0 radical (unpaired) electrons. The molecule has 0 unspecified atom stereocenters. The Hall–Kier alpha value is -2.09. The SMILES string of the molecule is C=CCCC1CCC(c2ccc3c(F)c(OCC=C)ccc3c2)CC1. The zero-order valence-corrected chi connectivity index (χ0v) is 14.8. The van der Waals surface area contributed by atoms with E-state index in [1.807, 2.05) is 18.2 Å². The van der Waals surface area contributed by atoms with Crippen molar-refractivity contribution in [1.82, 2.24) is 0 Å². The quantitative estimate of drug-likeness (QED) is 0.505. The summed E-state index contributed by atoms with van der Waals surface area (Å²) < 4.78 is 20.0. The third-order valence-corrected chi connectivity index (χ3v) is 5.40. The van der Waals surface area contributed by atoms with Gasteiger partial charge in [0, 0.05) is 5.39 Å². The number of allylic oxidation sites excluding steroid dienone is 1. The second kappa shape index (κ2) is 8.33. The molecule has 0 bridgehead atoms. The van der Waals surface area contributed by atoms with Crippen LogP contribution >= 0.6 is 0 Å². The summed E-state index contributed by atoms with van der Waals surface area (Å²) in [5, 5.41) is 1.58. The molecule has 0 amide bonds. The summed E-state index contributed by atoms with van der Waals surface area (Å²) in [6.07, 6.45) is 11.1. The Balaban J connectivity index is 1.74. The van der Waals surface area contributed by atoms with Crippen LogP contribution in [0.1, 0.15) is 50.0 Å². The van der Waals surface area contributed by atoms with Gasteiger partial charge in [0.2, 0.25) is 0 Å². The lowest BCUT2D eigenvalue weighted by Gasteiger charge is -2.28. The molecule has 2 aromatic carbocycles. The highest BCUT2D eigenvalue weighted by atomic mass is 19.1. The predicted octanol–water partition coefficient (Wildman–Crippen LogP) is 6.78. The van der Waals surface area contributed by atoms with Crippen LogP contribution in [-0.4, -0.2) is 6.61 Å². The largest absolute Gasteiger partial charge is 0.486 e. The molecule has 0 aliphatic heterocycles. The zero-order chi connectivity index (χ0) is 17.6. The summed E-state index contributed by atoms with van der Waals surface area (Å²) in [5.41, 5.74) is 1.34. The molecule has 0 N–H and O–H groups in total. The van der Waals surface area contributed by atoms with E-state index in [0.717, 1.165) is 17.7 Å². The number of hydrogen-bond acceptors (Lipinski definition) is 1. The maximum atomic E-state index is 14.6. The first-order chi connectivity index (χ1) is 12.2. The minimum Gasteiger partial charge on any atom is -0.486 e. The van der Waals surface area contributed by atoms with Gasteiger partial charge in [-0.2, -0.15) is 0 Å². The fraction of sp³-hybridized carbons (Fsp3) is 0.391. The average Bonchev–Trinajstić information content (AvgIpc) is 2.66. The first kappa shape index (κ1) is 17.7. The monoisotopic (exact) mass is 338 g/mol. The fourth-order valence-corrected chi connectivity index (χ4v) is 3.94. The van der Waals surface area contributed by atoms with Gasteiger partial charge in [-0.05, 0) is 67.4 Å². The number of fused-ring (bicyclic) bond motifs is 1. The third kappa shape index (κ3) is 4.12. The normalized spacial score (nSPS) is 20.4. The van der Waals surface area contributed by atoms with Crippen LogP contribution in [0.5, 0.6) is 5.75 Å². The Bertz CT molecular complexity index is 741. The van der Waals surface area contributed by atoms with Crippen molar-refractivity contribution >= 4 is 10.8 Å². The van der Waals surface area contributed by atoms with Gasteiger partial charge in [0.1, 0.15) is 6.61 Å². The van der Waals surface area contributed by atoms with Crippen molar-refractivity contribution in [2.45, 2.75) is 44.4 Å². The number of ether oxygens (including phenoxy) is 1. The highest BCUT2D eigenvalue weighted by molar-refractivity contribution is 5.85. The van der Waals surface area contributed by atoms with Crippen molar-refractivity contribution in [3.05, 3.63) is 67.0 Å². The second-order valence-electron chi connectivity index (χ2n) is 7.04. The smallest absolute Gasteiger partial charge is 0.172 e. The molecule has 1 fully saturated rings. The first-order valence-electron chi connectivity index (χ1n) is 9.29. The number of benzene rings is 2. The molecular weight excluding hydrogens is 311 g/mol. The minimum atomic E-state index is -0.279. The van der Waals surface area contributed by atoms with E-state index < -0.39 is 0 Å². The predicted molar refractivity (Wildman–Crippen MR) is 104 cm³/mol. The van der Waals surface area contributed by atoms with Gasteiger partial charge in [-0.25, -0.2) is 4.39 Å². The zero-order valence-electron chi connectivity index (χ0n) is 14.8. The van der Waals surface area contributed by atoms with Gasteiger partial charge >= 0.3 is 0 Å². The van der Waals surface area contributed by atoms with Gasteiger partial charge in [-0.1, -0.05) is 43.0 Å². The van der Waals surface area contributed by atoms with Crippen molar-refractivity contribution in [2.75, 3.05) is 6.61 Å². The highest BCUT2D eigenvalue weighted by Gasteiger charge is 2.22. The van der Waals surface area contributed by atoms with Crippen molar-refractivity contribution in [3.8, 4) is 5.75 Å². The molecule has 0 aromatic heterocycles. The first-order valence-corrected chi connectivity index (χ1v) is 9.29.